The average molecular weight is 311 g/mol. The highest BCUT2D eigenvalue weighted by Crippen LogP contribution is 2.27. The van der Waals surface area contributed by atoms with Gasteiger partial charge in [0, 0.05) is 23.7 Å². The van der Waals surface area contributed by atoms with Gasteiger partial charge in [0.15, 0.2) is 0 Å². The molecule has 1 aliphatic rings. The Kier molecular flexibility index (Phi) is 4.02. The molecule has 0 saturated heterocycles. The highest BCUT2D eigenvalue weighted by Gasteiger charge is 2.23. The maximum absolute atomic E-state index is 12.7. The molecule has 2 aromatic rings. The van der Waals surface area contributed by atoms with Crippen LogP contribution >= 0.6 is 0 Å². The smallest absolute Gasteiger partial charge is 0.332 e. The van der Waals surface area contributed by atoms with Crippen molar-refractivity contribution < 1.29 is 14.6 Å². The van der Waals surface area contributed by atoms with Crippen molar-refractivity contribution in [2.24, 2.45) is 0 Å². The van der Waals surface area contributed by atoms with E-state index >= 15 is 0 Å². The zero-order valence-electron chi connectivity index (χ0n) is 12.8. The van der Waals surface area contributed by atoms with E-state index in [0.29, 0.717) is 30.7 Å². The first-order valence-corrected chi connectivity index (χ1v) is 7.41. The number of fused-ring (bicyclic) bond motifs is 1. The second-order valence-electron chi connectivity index (χ2n) is 5.53. The molecule has 5 heteroatoms. The first-order valence-electron chi connectivity index (χ1n) is 7.41. The third-order valence-corrected chi connectivity index (χ3v) is 3.87. The van der Waals surface area contributed by atoms with E-state index in [1.165, 1.54) is 0 Å². The van der Waals surface area contributed by atoms with Crippen molar-refractivity contribution >= 4 is 11.7 Å². The van der Waals surface area contributed by atoms with E-state index in [2.05, 4.69) is 0 Å². The van der Waals surface area contributed by atoms with Crippen LogP contribution in [-0.2, 0) is 22.5 Å². The number of aromatic nitrogens is 1. The van der Waals surface area contributed by atoms with E-state index in [1.807, 2.05) is 37.3 Å². The number of nitrogens with zero attached hydrogens (tertiary/aromatic N) is 1. The monoisotopic (exact) mass is 311 g/mol. The minimum atomic E-state index is -1.08. The number of benzene rings is 1. The minimum absolute atomic E-state index is 0.0889. The Morgan fingerprint density at radius 1 is 1.35 bits per heavy atom. The Hall–Kier alpha value is -2.82. The molecule has 1 aromatic heterocycles. The topological polar surface area (TPSA) is 68.5 Å². The fraction of sp³-hybridized carbons (Fsp3) is 0.222. The van der Waals surface area contributed by atoms with Gasteiger partial charge >= 0.3 is 5.97 Å². The van der Waals surface area contributed by atoms with Gasteiger partial charge in [0.25, 0.3) is 5.56 Å². The predicted octanol–water partition coefficient (Wildman–Crippen LogP) is 2.20. The van der Waals surface area contributed by atoms with E-state index in [9.17, 15) is 9.59 Å². The summed E-state index contributed by atoms with van der Waals surface area (Å²) in [6.45, 7) is 2.67. The van der Waals surface area contributed by atoms with Crippen molar-refractivity contribution in [3.63, 3.8) is 0 Å². The Morgan fingerprint density at radius 3 is 2.78 bits per heavy atom. The van der Waals surface area contributed by atoms with Gasteiger partial charge in [-0.05, 0) is 18.1 Å². The molecule has 0 aliphatic carbocycles. The Labute approximate surface area is 133 Å². The van der Waals surface area contributed by atoms with E-state index in [0.717, 1.165) is 17.2 Å². The van der Waals surface area contributed by atoms with Gasteiger partial charge in [-0.1, -0.05) is 30.3 Å². The lowest BCUT2D eigenvalue weighted by atomic mass is 9.98. The Morgan fingerprint density at radius 2 is 2.09 bits per heavy atom. The van der Waals surface area contributed by atoms with Gasteiger partial charge < -0.3 is 14.4 Å². The van der Waals surface area contributed by atoms with Crippen LogP contribution in [0.5, 0.6) is 0 Å². The van der Waals surface area contributed by atoms with Crippen LogP contribution in [0.15, 0.2) is 47.4 Å². The second kappa shape index (κ2) is 6.12. The molecule has 1 aromatic carbocycles. The number of ether oxygens (including phenoxy) is 1. The van der Waals surface area contributed by atoms with E-state index in [-0.39, 0.29) is 11.3 Å². The maximum Gasteiger partial charge on any atom is 0.332 e. The molecule has 1 aliphatic heterocycles. The molecule has 3 rings (SSSR count). The fourth-order valence-electron chi connectivity index (χ4n) is 2.91. The molecule has 0 unspecified atom stereocenters. The third-order valence-electron chi connectivity index (χ3n) is 3.87. The summed E-state index contributed by atoms with van der Waals surface area (Å²) in [5.74, 6) is -0.819. The first kappa shape index (κ1) is 15.1. The number of carboxylic acid groups (broad SMARTS) is 1. The van der Waals surface area contributed by atoms with E-state index in [4.69, 9.17) is 9.84 Å². The summed E-state index contributed by atoms with van der Waals surface area (Å²) in [4.78, 5) is 23.7. The van der Waals surface area contributed by atoms with Crippen LogP contribution < -0.4 is 5.56 Å². The summed E-state index contributed by atoms with van der Waals surface area (Å²) in [5, 5.41) is 8.96. The summed E-state index contributed by atoms with van der Waals surface area (Å²) in [5.41, 5.74) is 3.03. The number of carbonyl (C=O) groups is 1. The minimum Gasteiger partial charge on any atom is -0.492 e. The lowest BCUT2D eigenvalue weighted by Gasteiger charge is -2.23. The van der Waals surface area contributed by atoms with Gasteiger partial charge in [-0.25, -0.2) is 4.79 Å². The number of carboxylic acids is 1. The molecule has 1 N–H and O–H groups in total. The number of aliphatic carboxylic acids is 1. The molecule has 5 nitrogen and oxygen atoms in total. The third kappa shape index (κ3) is 3.04. The second-order valence-corrected chi connectivity index (χ2v) is 5.53. The number of hydrogen-bond acceptors (Lipinski definition) is 3. The van der Waals surface area contributed by atoms with Crippen molar-refractivity contribution in [1.82, 2.24) is 4.57 Å². The standard InChI is InChI=1S/C18H17NO4/c1-12-10-19(11-13-5-3-2-4-6-13)18(22)14-7-8-23-15(17(12)14)9-16(20)21/h2-6,9-10H,7-8,11H2,1H3,(H,20,21)/b15-9-. The molecule has 0 saturated carbocycles. The number of rotatable bonds is 3. The van der Waals surface area contributed by atoms with E-state index < -0.39 is 5.97 Å². The molecule has 0 spiro atoms. The molecule has 0 amide bonds. The normalized spacial score (nSPS) is 15.1. The average Bonchev–Trinajstić information content (AvgIpc) is 2.52. The van der Waals surface area contributed by atoms with Gasteiger partial charge in [-0.2, -0.15) is 0 Å². The van der Waals surface area contributed by atoms with Crippen LogP contribution in [0.3, 0.4) is 0 Å². The van der Waals surface area contributed by atoms with Gasteiger partial charge in [0.2, 0.25) is 0 Å². The van der Waals surface area contributed by atoms with Crippen molar-refractivity contribution in [1.29, 1.82) is 0 Å². The molecule has 0 fully saturated rings. The molecular weight excluding hydrogens is 294 g/mol. The Balaban J connectivity index is 2.09. The maximum atomic E-state index is 12.7. The van der Waals surface area contributed by atoms with Crippen LogP contribution in [-0.4, -0.2) is 22.2 Å². The van der Waals surface area contributed by atoms with Gasteiger partial charge in [0.1, 0.15) is 5.76 Å². The Bertz CT molecular complexity index is 834. The van der Waals surface area contributed by atoms with Crippen LogP contribution in [0.1, 0.15) is 22.3 Å². The van der Waals surface area contributed by atoms with Crippen LogP contribution in [0.25, 0.3) is 5.76 Å². The van der Waals surface area contributed by atoms with Crippen molar-refractivity contribution in [3.8, 4) is 0 Å². The van der Waals surface area contributed by atoms with Crippen LogP contribution in [0.2, 0.25) is 0 Å². The molecule has 0 bridgehead atoms. The zero-order chi connectivity index (χ0) is 16.4. The number of hydrogen-bond donors (Lipinski definition) is 1. The van der Waals surface area contributed by atoms with Crippen molar-refractivity contribution in [3.05, 3.63) is 75.2 Å². The van der Waals surface area contributed by atoms with Crippen molar-refractivity contribution in [2.75, 3.05) is 6.61 Å². The molecule has 2 heterocycles. The molecule has 0 atom stereocenters. The van der Waals surface area contributed by atoms with E-state index in [1.54, 1.807) is 10.8 Å². The number of pyridine rings is 1. The highest BCUT2D eigenvalue weighted by atomic mass is 16.5. The summed E-state index contributed by atoms with van der Waals surface area (Å²) < 4.78 is 7.12. The van der Waals surface area contributed by atoms with Gasteiger partial charge in [-0.3, -0.25) is 4.79 Å². The summed E-state index contributed by atoms with van der Waals surface area (Å²) in [6.07, 6.45) is 3.27. The zero-order valence-corrected chi connectivity index (χ0v) is 12.8. The summed E-state index contributed by atoms with van der Waals surface area (Å²) in [7, 11) is 0. The highest BCUT2D eigenvalue weighted by molar-refractivity contribution is 5.89. The summed E-state index contributed by atoms with van der Waals surface area (Å²) in [6, 6.07) is 9.76. The first-order chi connectivity index (χ1) is 11.1. The predicted molar refractivity (Wildman–Crippen MR) is 86.3 cm³/mol. The summed E-state index contributed by atoms with van der Waals surface area (Å²) >= 11 is 0. The lowest BCUT2D eigenvalue weighted by molar-refractivity contribution is -0.131. The lowest BCUT2D eigenvalue weighted by Crippen LogP contribution is -2.29. The molecule has 23 heavy (non-hydrogen) atoms. The quantitative estimate of drug-likeness (QED) is 0.882. The SMILES string of the molecule is Cc1cn(Cc2ccccc2)c(=O)c2c1/C(=C/C(=O)O)OCC2. The largest absolute Gasteiger partial charge is 0.492 e. The number of aryl methyl sites for hydroxylation is 1. The van der Waals surface area contributed by atoms with Crippen LogP contribution in [0, 0.1) is 6.92 Å². The van der Waals surface area contributed by atoms with Gasteiger partial charge in [-0.15, -0.1) is 0 Å². The van der Waals surface area contributed by atoms with Crippen molar-refractivity contribution in [2.45, 2.75) is 19.9 Å². The molecular formula is C18H17NO4. The molecule has 0 radical (unpaired) electrons. The molecule has 118 valence electrons. The van der Waals surface area contributed by atoms with Gasteiger partial charge in [0.05, 0.1) is 19.2 Å². The van der Waals surface area contributed by atoms with Crippen LogP contribution in [0.4, 0.5) is 0 Å². The fourth-order valence-corrected chi connectivity index (χ4v) is 2.91.